The molecule has 2 aliphatic heterocycles. The minimum Gasteiger partial charge on any atom is -0.493 e. The van der Waals surface area contributed by atoms with E-state index >= 15 is 0 Å². The van der Waals surface area contributed by atoms with Crippen molar-refractivity contribution >= 4 is 22.7 Å². The number of carbonyl (C=O) groups is 1. The highest BCUT2D eigenvalue weighted by Gasteiger charge is 2.22. The molecule has 0 aliphatic carbocycles. The Morgan fingerprint density at radius 2 is 2.00 bits per heavy atom. The van der Waals surface area contributed by atoms with Crippen molar-refractivity contribution < 1.29 is 13.9 Å². The number of rotatable bonds is 5. The largest absolute Gasteiger partial charge is 0.493 e. The molecule has 2 N–H and O–H groups in total. The molecule has 160 valence electrons. The first-order chi connectivity index (χ1) is 15.2. The monoisotopic (exact) mass is 418 g/mol. The third-order valence-electron chi connectivity index (χ3n) is 5.97. The van der Waals surface area contributed by atoms with Crippen LogP contribution in [0.1, 0.15) is 31.7 Å². The van der Waals surface area contributed by atoms with Gasteiger partial charge < -0.3 is 14.5 Å². The number of amides is 1. The highest BCUT2D eigenvalue weighted by atomic mass is 16.5. The van der Waals surface area contributed by atoms with Crippen molar-refractivity contribution in [2.24, 2.45) is 16.9 Å². The van der Waals surface area contributed by atoms with E-state index in [4.69, 9.17) is 9.15 Å². The van der Waals surface area contributed by atoms with Crippen LogP contribution in [-0.4, -0.2) is 36.3 Å². The van der Waals surface area contributed by atoms with Crippen molar-refractivity contribution in [3.05, 3.63) is 48.0 Å². The summed E-state index contributed by atoms with van der Waals surface area (Å²) in [6.07, 6.45) is 2.74. The lowest BCUT2D eigenvalue weighted by atomic mass is 9.94. The molecule has 3 aromatic rings. The molecule has 1 unspecified atom stereocenters. The number of nitrogens with one attached hydrogen (secondary N) is 2. The lowest BCUT2D eigenvalue weighted by molar-refractivity contribution is -0.121. The van der Waals surface area contributed by atoms with Gasteiger partial charge in [-0.15, -0.1) is 0 Å². The standard InChI is InChI=1S/C24H26N4O3/c1-15-11-22(29)27-28-23(15)17-5-6-20-21(13-17)31-24(26-20)18-3-2-4-19(12-18)30-14-16-7-9-25-10-8-16/h2-6,12-13,15-16,25H,7-11,14H2,1H3,(H,27,29). The molecule has 0 bridgehead atoms. The second-order valence-electron chi connectivity index (χ2n) is 8.37. The number of nitrogens with zero attached hydrogens (tertiary/aromatic N) is 2. The topological polar surface area (TPSA) is 88.8 Å². The van der Waals surface area contributed by atoms with Crippen molar-refractivity contribution in [2.45, 2.75) is 26.2 Å². The summed E-state index contributed by atoms with van der Waals surface area (Å²) < 4.78 is 12.1. The maximum atomic E-state index is 11.5. The Labute approximate surface area is 180 Å². The van der Waals surface area contributed by atoms with Crippen LogP contribution in [0.4, 0.5) is 0 Å². The van der Waals surface area contributed by atoms with Crippen molar-refractivity contribution in [3.8, 4) is 17.2 Å². The Balaban J connectivity index is 1.36. The van der Waals surface area contributed by atoms with E-state index in [1.54, 1.807) is 0 Å². The van der Waals surface area contributed by atoms with Gasteiger partial charge in [0.1, 0.15) is 11.3 Å². The van der Waals surface area contributed by atoms with Crippen LogP contribution in [0.15, 0.2) is 52.0 Å². The number of fused-ring (bicyclic) bond motifs is 1. The van der Waals surface area contributed by atoms with Gasteiger partial charge in [0.25, 0.3) is 0 Å². The first kappa shape index (κ1) is 19.8. The van der Waals surface area contributed by atoms with E-state index in [0.717, 1.165) is 60.6 Å². The number of oxazole rings is 1. The van der Waals surface area contributed by atoms with Gasteiger partial charge in [0.2, 0.25) is 11.8 Å². The Bertz CT molecular complexity index is 1130. The van der Waals surface area contributed by atoms with Crippen molar-refractivity contribution in [2.75, 3.05) is 19.7 Å². The molecule has 31 heavy (non-hydrogen) atoms. The average Bonchev–Trinajstić information content (AvgIpc) is 3.22. The summed E-state index contributed by atoms with van der Waals surface area (Å²) in [4.78, 5) is 16.2. The van der Waals surface area contributed by atoms with Crippen molar-refractivity contribution in [3.63, 3.8) is 0 Å². The van der Waals surface area contributed by atoms with Crippen LogP contribution in [0.3, 0.4) is 0 Å². The molecular formula is C24H26N4O3. The SMILES string of the molecule is CC1CC(=O)NN=C1c1ccc2nc(-c3cccc(OCC4CCNCC4)c3)oc2c1. The zero-order valence-corrected chi connectivity index (χ0v) is 17.6. The van der Waals surface area contributed by atoms with E-state index in [1.165, 1.54) is 0 Å². The Kier molecular flexibility index (Phi) is 5.42. The summed E-state index contributed by atoms with van der Waals surface area (Å²) >= 11 is 0. The maximum absolute atomic E-state index is 11.5. The van der Waals surface area contributed by atoms with E-state index in [0.29, 0.717) is 23.8 Å². The van der Waals surface area contributed by atoms with E-state index in [-0.39, 0.29) is 11.8 Å². The molecule has 2 aliphatic rings. The smallest absolute Gasteiger partial charge is 0.240 e. The minimum atomic E-state index is -0.0541. The quantitative estimate of drug-likeness (QED) is 0.659. The maximum Gasteiger partial charge on any atom is 0.240 e. The number of hydrogen-bond donors (Lipinski definition) is 2. The van der Waals surface area contributed by atoms with Crippen molar-refractivity contribution in [1.29, 1.82) is 0 Å². The highest BCUT2D eigenvalue weighted by Crippen LogP contribution is 2.29. The van der Waals surface area contributed by atoms with Gasteiger partial charge in [-0.25, -0.2) is 10.4 Å². The van der Waals surface area contributed by atoms with Gasteiger partial charge in [0, 0.05) is 23.5 Å². The lowest BCUT2D eigenvalue weighted by Gasteiger charge is -2.22. The normalized spacial score (nSPS) is 19.8. The van der Waals surface area contributed by atoms with Crippen LogP contribution in [0.2, 0.25) is 0 Å². The van der Waals surface area contributed by atoms with Crippen LogP contribution in [0, 0.1) is 11.8 Å². The van der Waals surface area contributed by atoms with Gasteiger partial charge in [0.05, 0.1) is 12.3 Å². The van der Waals surface area contributed by atoms with Gasteiger partial charge in [-0.2, -0.15) is 5.10 Å². The van der Waals surface area contributed by atoms with Crippen LogP contribution in [-0.2, 0) is 4.79 Å². The number of aromatic nitrogens is 1. The molecule has 5 rings (SSSR count). The summed E-state index contributed by atoms with van der Waals surface area (Å²) in [5.74, 6) is 2.00. The fraction of sp³-hybridized carbons (Fsp3) is 0.375. The number of piperidine rings is 1. The summed E-state index contributed by atoms with van der Waals surface area (Å²) in [6, 6.07) is 13.7. The number of carbonyl (C=O) groups excluding carboxylic acids is 1. The van der Waals surface area contributed by atoms with E-state index in [1.807, 2.05) is 49.4 Å². The van der Waals surface area contributed by atoms with Gasteiger partial charge in [-0.05, 0) is 62.2 Å². The summed E-state index contributed by atoms with van der Waals surface area (Å²) in [7, 11) is 0. The molecule has 0 radical (unpaired) electrons. The molecule has 7 nitrogen and oxygen atoms in total. The van der Waals surface area contributed by atoms with Crippen molar-refractivity contribution in [1.82, 2.24) is 15.7 Å². The molecule has 2 aromatic carbocycles. The Hall–Kier alpha value is -3.19. The molecule has 1 fully saturated rings. The fourth-order valence-electron chi connectivity index (χ4n) is 4.19. The third kappa shape index (κ3) is 4.32. The molecule has 1 aromatic heterocycles. The zero-order chi connectivity index (χ0) is 21.2. The van der Waals surface area contributed by atoms with Crippen LogP contribution in [0.25, 0.3) is 22.6 Å². The van der Waals surface area contributed by atoms with Crippen LogP contribution < -0.4 is 15.5 Å². The molecule has 7 heteroatoms. The van der Waals surface area contributed by atoms with E-state index < -0.39 is 0 Å². The van der Waals surface area contributed by atoms with Crippen LogP contribution in [0.5, 0.6) is 5.75 Å². The number of hydrogen-bond acceptors (Lipinski definition) is 6. The second kappa shape index (κ2) is 8.51. The Morgan fingerprint density at radius 3 is 2.84 bits per heavy atom. The highest BCUT2D eigenvalue weighted by molar-refractivity contribution is 6.07. The van der Waals surface area contributed by atoms with Gasteiger partial charge >= 0.3 is 0 Å². The van der Waals surface area contributed by atoms with E-state index in [2.05, 4.69) is 20.8 Å². The molecule has 0 spiro atoms. The molecule has 3 heterocycles. The number of ether oxygens (including phenoxy) is 1. The zero-order valence-electron chi connectivity index (χ0n) is 17.6. The summed E-state index contributed by atoms with van der Waals surface area (Å²) in [6.45, 7) is 4.87. The molecule has 1 saturated heterocycles. The molecule has 0 saturated carbocycles. The molecular weight excluding hydrogens is 392 g/mol. The van der Waals surface area contributed by atoms with Gasteiger partial charge in [-0.1, -0.05) is 19.1 Å². The number of benzene rings is 2. The molecule has 1 atom stereocenters. The van der Waals surface area contributed by atoms with E-state index in [9.17, 15) is 4.79 Å². The predicted octanol–water partition coefficient (Wildman–Crippen LogP) is 3.73. The number of hydrazone groups is 1. The Morgan fingerprint density at radius 1 is 1.13 bits per heavy atom. The average molecular weight is 418 g/mol. The first-order valence-electron chi connectivity index (χ1n) is 10.9. The second-order valence-corrected chi connectivity index (χ2v) is 8.37. The fourth-order valence-corrected chi connectivity index (χ4v) is 4.19. The summed E-state index contributed by atoms with van der Waals surface area (Å²) in [5.41, 5.74) is 6.72. The van der Waals surface area contributed by atoms with Crippen LogP contribution >= 0.6 is 0 Å². The third-order valence-corrected chi connectivity index (χ3v) is 5.97. The van der Waals surface area contributed by atoms with Gasteiger partial charge in [0.15, 0.2) is 5.58 Å². The predicted molar refractivity (Wildman–Crippen MR) is 119 cm³/mol. The lowest BCUT2D eigenvalue weighted by Crippen LogP contribution is -2.31. The minimum absolute atomic E-state index is 0.0541. The summed E-state index contributed by atoms with van der Waals surface area (Å²) in [5, 5.41) is 7.62. The first-order valence-corrected chi connectivity index (χ1v) is 10.9. The van der Waals surface area contributed by atoms with Gasteiger partial charge in [-0.3, -0.25) is 4.79 Å². The molecule has 1 amide bonds.